The maximum absolute atomic E-state index is 13.9. The summed E-state index contributed by atoms with van der Waals surface area (Å²) in [5.41, 5.74) is -0.232. The molecule has 2 aromatic rings. The molecule has 0 saturated heterocycles. The number of aromatic carboxylic acids is 1. The molecule has 100 valence electrons. The van der Waals surface area contributed by atoms with Crippen LogP contribution in [0.1, 0.15) is 10.6 Å². The predicted molar refractivity (Wildman–Crippen MR) is 63.1 cm³/mol. The minimum absolute atomic E-state index is 0.0229. The van der Waals surface area contributed by atoms with Crippen molar-refractivity contribution >= 4 is 11.7 Å². The number of benzene rings is 1. The van der Waals surface area contributed by atoms with E-state index < -0.39 is 23.4 Å². The van der Waals surface area contributed by atoms with E-state index in [4.69, 9.17) is 5.11 Å². The number of hydrogen-bond acceptors (Lipinski definition) is 4. The van der Waals surface area contributed by atoms with Crippen molar-refractivity contribution in [1.82, 2.24) is 5.16 Å². The standard InChI is InChI=1S/C12H10F2N2O3/c1-16(2)11-7(14)4-3-6(13)10(11)8-5-9(12(17)18)19-15-8/h3-5H,1-2H3,(H,17,18). The Morgan fingerprint density at radius 3 is 2.47 bits per heavy atom. The molecule has 0 aliphatic heterocycles. The van der Waals surface area contributed by atoms with Gasteiger partial charge in [0.05, 0.1) is 11.3 Å². The minimum Gasteiger partial charge on any atom is -0.475 e. The van der Waals surface area contributed by atoms with Crippen LogP contribution in [0.5, 0.6) is 0 Å². The molecule has 0 fully saturated rings. The normalized spacial score (nSPS) is 10.5. The van der Waals surface area contributed by atoms with Crippen molar-refractivity contribution in [1.29, 1.82) is 0 Å². The van der Waals surface area contributed by atoms with Gasteiger partial charge in [-0.25, -0.2) is 13.6 Å². The van der Waals surface area contributed by atoms with Crippen molar-refractivity contribution in [2.75, 3.05) is 19.0 Å². The van der Waals surface area contributed by atoms with Gasteiger partial charge in [-0.05, 0) is 12.1 Å². The molecule has 0 spiro atoms. The lowest BCUT2D eigenvalue weighted by molar-refractivity contribution is 0.0652. The Hall–Kier alpha value is -2.44. The zero-order valence-corrected chi connectivity index (χ0v) is 10.1. The maximum Gasteiger partial charge on any atom is 0.374 e. The monoisotopic (exact) mass is 268 g/mol. The molecule has 0 unspecified atom stereocenters. The molecule has 0 saturated carbocycles. The fraction of sp³-hybridized carbons (Fsp3) is 0.167. The quantitative estimate of drug-likeness (QED) is 0.925. The molecule has 19 heavy (non-hydrogen) atoms. The van der Waals surface area contributed by atoms with E-state index in [-0.39, 0.29) is 16.9 Å². The summed E-state index contributed by atoms with van der Waals surface area (Å²) >= 11 is 0. The van der Waals surface area contributed by atoms with Crippen LogP contribution in [0.3, 0.4) is 0 Å². The van der Waals surface area contributed by atoms with Gasteiger partial charge in [0.25, 0.3) is 0 Å². The first-order valence-electron chi connectivity index (χ1n) is 5.27. The fourth-order valence-electron chi connectivity index (χ4n) is 1.72. The Bertz CT molecular complexity index is 638. The highest BCUT2D eigenvalue weighted by atomic mass is 19.1. The van der Waals surface area contributed by atoms with Crippen LogP contribution in [0.4, 0.5) is 14.5 Å². The van der Waals surface area contributed by atoms with E-state index in [2.05, 4.69) is 9.68 Å². The van der Waals surface area contributed by atoms with Crippen molar-refractivity contribution in [3.8, 4) is 11.3 Å². The van der Waals surface area contributed by atoms with Crippen LogP contribution < -0.4 is 4.90 Å². The number of rotatable bonds is 3. The van der Waals surface area contributed by atoms with Gasteiger partial charge in [-0.2, -0.15) is 0 Å². The van der Waals surface area contributed by atoms with E-state index in [9.17, 15) is 13.6 Å². The molecule has 2 rings (SSSR count). The van der Waals surface area contributed by atoms with Crippen molar-refractivity contribution in [2.24, 2.45) is 0 Å². The predicted octanol–water partition coefficient (Wildman–Crippen LogP) is 2.38. The minimum atomic E-state index is -1.33. The zero-order chi connectivity index (χ0) is 14.2. The highest BCUT2D eigenvalue weighted by Gasteiger charge is 2.22. The summed E-state index contributed by atoms with van der Waals surface area (Å²) in [4.78, 5) is 12.1. The summed E-state index contributed by atoms with van der Waals surface area (Å²) in [6.07, 6.45) is 0. The first-order chi connectivity index (χ1) is 8.91. The van der Waals surface area contributed by atoms with Crippen LogP contribution in [0.2, 0.25) is 0 Å². The van der Waals surface area contributed by atoms with Crippen molar-refractivity contribution in [3.63, 3.8) is 0 Å². The smallest absolute Gasteiger partial charge is 0.374 e. The molecule has 0 amide bonds. The van der Waals surface area contributed by atoms with Crippen molar-refractivity contribution in [2.45, 2.75) is 0 Å². The fourth-order valence-corrected chi connectivity index (χ4v) is 1.72. The van der Waals surface area contributed by atoms with E-state index in [1.807, 2.05) is 0 Å². The molecule has 7 heteroatoms. The average Bonchev–Trinajstić information content (AvgIpc) is 2.80. The van der Waals surface area contributed by atoms with Gasteiger partial charge in [0.15, 0.2) is 0 Å². The summed E-state index contributed by atoms with van der Waals surface area (Å²) < 4.78 is 32.2. The van der Waals surface area contributed by atoms with Gasteiger partial charge in [0, 0.05) is 20.2 Å². The molecule has 0 bridgehead atoms. The third kappa shape index (κ3) is 2.26. The zero-order valence-electron chi connectivity index (χ0n) is 10.1. The van der Waals surface area contributed by atoms with Gasteiger partial charge >= 0.3 is 5.97 Å². The van der Waals surface area contributed by atoms with E-state index in [1.54, 1.807) is 14.1 Å². The Balaban J connectivity index is 2.66. The van der Waals surface area contributed by atoms with Crippen LogP contribution in [0, 0.1) is 11.6 Å². The summed E-state index contributed by atoms with van der Waals surface area (Å²) in [6, 6.07) is 2.99. The summed E-state index contributed by atoms with van der Waals surface area (Å²) in [5, 5.41) is 12.2. The van der Waals surface area contributed by atoms with Gasteiger partial charge in [-0.15, -0.1) is 0 Å². The van der Waals surface area contributed by atoms with Crippen LogP contribution in [0.25, 0.3) is 11.3 Å². The van der Waals surface area contributed by atoms with E-state index >= 15 is 0 Å². The van der Waals surface area contributed by atoms with Gasteiger partial charge < -0.3 is 14.5 Å². The SMILES string of the molecule is CN(C)c1c(F)ccc(F)c1-c1cc(C(=O)O)on1. The molecular weight excluding hydrogens is 258 g/mol. The number of hydrogen-bond donors (Lipinski definition) is 1. The molecule has 1 heterocycles. The number of carbonyl (C=O) groups is 1. The molecule has 0 radical (unpaired) electrons. The van der Waals surface area contributed by atoms with Gasteiger partial charge in [0.2, 0.25) is 5.76 Å². The van der Waals surface area contributed by atoms with Crippen LogP contribution >= 0.6 is 0 Å². The molecule has 0 atom stereocenters. The second-order valence-electron chi connectivity index (χ2n) is 4.03. The number of anilines is 1. The van der Waals surface area contributed by atoms with E-state index in [0.717, 1.165) is 18.2 Å². The van der Waals surface area contributed by atoms with Crippen LogP contribution in [-0.4, -0.2) is 30.3 Å². The number of halogens is 2. The molecule has 0 aliphatic carbocycles. The topological polar surface area (TPSA) is 66.6 Å². The van der Waals surface area contributed by atoms with E-state index in [0.29, 0.717) is 0 Å². The second-order valence-corrected chi connectivity index (χ2v) is 4.03. The van der Waals surface area contributed by atoms with Crippen molar-refractivity contribution < 1.29 is 23.2 Å². The highest BCUT2D eigenvalue weighted by Crippen LogP contribution is 2.34. The Morgan fingerprint density at radius 2 is 1.95 bits per heavy atom. The molecule has 1 N–H and O–H groups in total. The number of carboxylic acids is 1. The molecule has 5 nitrogen and oxygen atoms in total. The largest absolute Gasteiger partial charge is 0.475 e. The van der Waals surface area contributed by atoms with Crippen LogP contribution in [-0.2, 0) is 0 Å². The lowest BCUT2D eigenvalue weighted by Crippen LogP contribution is -2.13. The van der Waals surface area contributed by atoms with Gasteiger partial charge in [-0.3, -0.25) is 0 Å². The lowest BCUT2D eigenvalue weighted by atomic mass is 10.1. The highest BCUT2D eigenvalue weighted by molar-refractivity contribution is 5.87. The third-order valence-electron chi connectivity index (χ3n) is 2.50. The van der Waals surface area contributed by atoms with Gasteiger partial charge in [0.1, 0.15) is 17.3 Å². The second kappa shape index (κ2) is 4.68. The van der Waals surface area contributed by atoms with Gasteiger partial charge in [-0.1, -0.05) is 5.16 Å². The summed E-state index contributed by atoms with van der Waals surface area (Å²) in [5.74, 6) is -3.12. The molecule has 1 aromatic carbocycles. The Morgan fingerprint density at radius 1 is 1.32 bits per heavy atom. The molecule has 1 aromatic heterocycles. The maximum atomic E-state index is 13.9. The third-order valence-corrected chi connectivity index (χ3v) is 2.50. The summed E-state index contributed by atoms with van der Waals surface area (Å²) in [7, 11) is 3.08. The number of aromatic nitrogens is 1. The first kappa shape index (κ1) is 13.0. The Labute approximate surface area is 107 Å². The Kier molecular flexibility index (Phi) is 3.20. The first-order valence-corrected chi connectivity index (χ1v) is 5.27. The van der Waals surface area contributed by atoms with E-state index in [1.165, 1.54) is 4.90 Å². The average molecular weight is 268 g/mol. The van der Waals surface area contributed by atoms with Crippen LogP contribution in [0.15, 0.2) is 22.7 Å². The molecular formula is C12H10F2N2O3. The molecule has 0 aliphatic rings. The van der Waals surface area contributed by atoms with Crippen molar-refractivity contribution in [3.05, 3.63) is 35.6 Å². The number of nitrogens with zero attached hydrogens (tertiary/aromatic N) is 2. The number of carboxylic acid groups (broad SMARTS) is 1. The summed E-state index contributed by atoms with van der Waals surface area (Å²) in [6.45, 7) is 0. The lowest BCUT2D eigenvalue weighted by Gasteiger charge is -2.17.